The topological polar surface area (TPSA) is 3.24 Å². The van der Waals surface area contributed by atoms with E-state index in [-0.39, 0.29) is 12.4 Å². The molecule has 134 valence electrons. The van der Waals surface area contributed by atoms with Crippen LogP contribution in [0.3, 0.4) is 0 Å². The van der Waals surface area contributed by atoms with Crippen molar-refractivity contribution in [2.24, 2.45) is 0 Å². The van der Waals surface area contributed by atoms with E-state index in [2.05, 4.69) is 72.5 Å². The first-order valence-corrected chi connectivity index (χ1v) is 9.40. The van der Waals surface area contributed by atoms with Crippen molar-refractivity contribution in [3.63, 3.8) is 0 Å². The number of likely N-dealkylation sites (N-methyl/N-ethyl adjacent to an activating group) is 1. The summed E-state index contributed by atoms with van der Waals surface area (Å²) in [5.41, 5.74) is 5.92. The molecule has 0 unspecified atom stereocenters. The molecule has 3 rings (SSSR count). The predicted molar refractivity (Wildman–Crippen MR) is 111 cm³/mol. The Morgan fingerprint density at radius 2 is 1.68 bits per heavy atom. The normalized spacial score (nSPS) is 14.2. The third-order valence-corrected chi connectivity index (χ3v) is 4.99. The molecule has 0 fully saturated rings. The molecular weight excluding hydrogens is 326 g/mol. The summed E-state index contributed by atoms with van der Waals surface area (Å²) in [6.07, 6.45) is 11.1. The van der Waals surface area contributed by atoms with E-state index in [1.165, 1.54) is 43.2 Å². The third kappa shape index (κ3) is 6.02. The second-order valence-corrected chi connectivity index (χ2v) is 6.80. The van der Waals surface area contributed by atoms with Crippen LogP contribution in [0.25, 0.3) is 6.08 Å². The van der Waals surface area contributed by atoms with E-state index in [4.69, 9.17) is 0 Å². The Morgan fingerprint density at radius 1 is 0.920 bits per heavy atom. The first-order valence-electron chi connectivity index (χ1n) is 9.40. The van der Waals surface area contributed by atoms with E-state index in [1.807, 2.05) is 0 Å². The molecule has 1 nitrogen and oxygen atoms in total. The molecule has 1 aliphatic carbocycles. The molecule has 0 aromatic heterocycles. The quantitative estimate of drug-likeness (QED) is 0.582. The van der Waals surface area contributed by atoms with Crippen molar-refractivity contribution in [1.82, 2.24) is 4.90 Å². The lowest BCUT2D eigenvalue weighted by molar-refractivity contribution is 0.311. The molecule has 0 saturated carbocycles. The van der Waals surface area contributed by atoms with Crippen molar-refractivity contribution in [2.45, 2.75) is 45.6 Å². The largest absolute Gasteiger partial charge is 0.296 e. The Bertz CT molecular complexity index is 663. The van der Waals surface area contributed by atoms with Gasteiger partial charge < -0.3 is 0 Å². The van der Waals surface area contributed by atoms with Gasteiger partial charge in [0.25, 0.3) is 0 Å². The lowest BCUT2D eigenvalue weighted by Crippen LogP contribution is -2.22. The van der Waals surface area contributed by atoms with Gasteiger partial charge in [-0.15, -0.1) is 12.4 Å². The van der Waals surface area contributed by atoms with Crippen molar-refractivity contribution in [1.29, 1.82) is 0 Å². The lowest BCUT2D eigenvalue weighted by Gasteiger charge is -2.19. The van der Waals surface area contributed by atoms with Crippen LogP contribution < -0.4 is 0 Å². The van der Waals surface area contributed by atoms with Gasteiger partial charge in [0, 0.05) is 13.1 Å². The highest BCUT2D eigenvalue weighted by Gasteiger charge is 2.09. The van der Waals surface area contributed by atoms with Gasteiger partial charge >= 0.3 is 0 Å². The molecule has 0 radical (unpaired) electrons. The summed E-state index contributed by atoms with van der Waals surface area (Å²) in [5, 5.41) is 0. The first-order chi connectivity index (χ1) is 11.8. The van der Waals surface area contributed by atoms with Gasteiger partial charge in [-0.1, -0.05) is 74.0 Å². The highest BCUT2D eigenvalue weighted by Crippen LogP contribution is 2.22. The van der Waals surface area contributed by atoms with Gasteiger partial charge in [-0.25, -0.2) is 0 Å². The number of benzene rings is 2. The van der Waals surface area contributed by atoms with Crippen LogP contribution in [0.5, 0.6) is 0 Å². The highest BCUT2D eigenvalue weighted by atomic mass is 35.5. The van der Waals surface area contributed by atoms with Crippen molar-refractivity contribution in [3.8, 4) is 0 Å². The Kier molecular flexibility index (Phi) is 8.24. The highest BCUT2D eigenvalue weighted by molar-refractivity contribution is 5.85. The Balaban J connectivity index is 0.00000225. The molecule has 1 aliphatic rings. The molecular formula is C23H30ClN. The number of rotatable bonds is 6. The van der Waals surface area contributed by atoms with Gasteiger partial charge in [0.05, 0.1) is 0 Å². The Labute approximate surface area is 159 Å². The summed E-state index contributed by atoms with van der Waals surface area (Å²) in [4.78, 5) is 2.50. The molecule has 0 aliphatic heterocycles. The van der Waals surface area contributed by atoms with Crippen LogP contribution in [0.2, 0.25) is 0 Å². The van der Waals surface area contributed by atoms with Crippen LogP contribution in [0.1, 0.15) is 48.4 Å². The summed E-state index contributed by atoms with van der Waals surface area (Å²) in [7, 11) is 0. The number of hydrogen-bond donors (Lipinski definition) is 0. The maximum absolute atomic E-state index is 2.50. The number of hydrogen-bond acceptors (Lipinski definition) is 1. The van der Waals surface area contributed by atoms with E-state index >= 15 is 0 Å². The van der Waals surface area contributed by atoms with E-state index in [9.17, 15) is 0 Å². The fraction of sp³-hybridized carbons (Fsp3) is 0.391. The molecule has 0 heterocycles. The van der Waals surface area contributed by atoms with Gasteiger partial charge in [0.15, 0.2) is 0 Å². The zero-order valence-corrected chi connectivity index (χ0v) is 16.1. The second-order valence-electron chi connectivity index (χ2n) is 6.80. The summed E-state index contributed by atoms with van der Waals surface area (Å²) in [6.45, 7) is 5.38. The van der Waals surface area contributed by atoms with Crippen LogP contribution in [0, 0.1) is 0 Å². The van der Waals surface area contributed by atoms with Gasteiger partial charge in [0.1, 0.15) is 0 Å². The summed E-state index contributed by atoms with van der Waals surface area (Å²) in [5.74, 6) is 0. The van der Waals surface area contributed by atoms with E-state index in [0.29, 0.717) is 0 Å². The maximum Gasteiger partial charge on any atom is 0.0237 e. The fourth-order valence-corrected chi connectivity index (χ4v) is 3.53. The molecule has 0 N–H and O–H groups in total. The molecule has 2 aromatic rings. The number of nitrogens with zero attached hydrogens (tertiary/aromatic N) is 1. The van der Waals surface area contributed by atoms with Crippen LogP contribution in [-0.4, -0.2) is 18.0 Å². The molecule has 0 saturated heterocycles. The smallest absolute Gasteiger partial charge is 0.0237 e. The predicted octanol–water partition coefficient (Wildman–Crippen LogP) is 5.91. The molecule has 25 heavy (non-hydrogen) atoms. The maximum atomic E-state index is 2.50. The van der Waals surface area contributed by atoms with Crippen LogP contribution in [-0.2, 0) is 19.4 Å². The molecule has 0 bridgehead atoms. The molecule has 0 atom stereocenters. The standard InChI is InChI=1S/C23H29N.ClH/c1-2-24(17-9-12-20-10-5-3-6-11-20)19-21-15-16-22-13-7-4-8-14-23(22)18-21;/h3,5-6,9-12,15-16,18H,2,4,7-8,13-14,17,19H2,1H3;1H/b12-9+;. The summed E-state index contributed by atoms with van der Waals surface area (Å²) < 4.78 is 0. The summed E-state index contributed by atoms with van der Waals surface area (Å²) in [6, 6.07) is 17.7. The average Bonchev–Trinajstić information content (AvgIpc) is 2.86. The van der Waals surface area contributed by atoms with E-state index in [0.717, 1.165) is 19.6 Å². The zero-order valence-electron chi connectivity index (χ0n) is 15.3. The zero-order chi connectivity index (χ0) is 16.6. The van der Waals surface area contributed by atoms with Crippen molar-refractivity contribution in [3.05, 3.63) is 76.9 Å². The SMILES string of the molecule is CCN(C/C=C/c1ccccc1)Cc1ccc2c(c1)CCCCC2.Cl. The van der Waals surface area contributed by atoms with E-state index < -0.39 is 0 Å². The minimum absolute atomic E-state index is 0. The van der Waals surface area contributed by atoms with Gasteiger partial charge in [-0.05, 0) is 54.5 Å². The number of halogens is 1. The first kappa shape index (κ1) is 19.8. The molecule has 0 spiro atoms. The van der Waals surface area contributed by atoms with Crippen molar-refractivity contribution < 1.29 is 0 Å². The Morgan fingerprint density at radius 3 is 2.44 bits per heavy atom. The minimum atomic E-state index is 0. The molecule has 2 aromatic carbocycles. The number of aryl methyl sites for hydroxylation is 2. The van der Waals surface area contributed by atoms with Crippen LogP contribution in [0.4, 0.5) is 0 Å². The van der Waals surface area contributed by atoms with Crippen molar-refractivity contribution in [2.75, 3.05) is 13.1 Å². The van der Waals surface area contributed by atoms with Crippen LogP contribution >= 0.6 is 12.4 Å². The monoisotopic (exact) mass is 355 g/mol. The second kappa shape index (κ2) is 10.4. The third-order valence-electron chi connectivity index (χ3n) is 4.99. The summed E-state index contributed by atoms with van der Waals surface area (Å²) >= 11 is 0. The van der Waals surface area contributed by atoms with Gasteiger partial charge in [0.2, 0.25) is 0 Å². The van der Waals surface area contributed by atoms with E-state index in [1.54, 1.807) is 11.1 Å². The number of fused-ring (bicyclic) bond motifs is 1. The lowest BCUT2D eigenvalue weighted by atomic mass is 10.00. The Hall–Kier alpha value is -1.57. The molecule has 0 amide bonds. The fourth-order valence-electron chi connectivity index (χ4n) is 3.53. The van der Waals surface area contributed by atoms with Crippen molar-refractivity contribution >= 4 is 18.5 Å². The average molecular weight is 356 g/mol. The van der Waals surface area contributed by atoms with Gasteiger partial charge in [-0.3, -0.25) is 4.90 Å². The van der Waals surface area contributed by atoms with Gasteiger partial charge in [-0.2, -0.15) is 0 Å². The molecule has 2 heteroatoms. The van der Waals surface area contributed by atoms with Crippen LogP contribution in [0.15, 0.2) is 54.6 Å². The minimum Gasteiger partial charge on any atom is -0.296 e.